The molecule has 0 bridgehead atoms. The molecule has 1 aromatic carbocycles. The Morgan fingerprint density at radius 2 is 1.92 bits per heavy atom. The lowest BCUT2D eigenvalue weighted by molar-refractivity contribution is 0.0410. The van der Waals surface area contributed by atoms with Crippen LogP contribution in [0.5, 0.6) is 11.5 Å². The van der Waals surface area contributed by atoms with E-state index in [0.29, 0.717) is 19.1 Å². The van der Waals surface area contributed by atoms with Crippen LogP contribution in [0.4, 0.5) is 0 Å². The second-order valence-corrected chi connectivity index (χ2v) is 7.42. The van der Waals surface area contributed by atoms with Crippen molar-refractivity contribution in [1.29, 1.82) is 0 Å². The summed E-state index contributed by atoms with van der Waals surface area (Å²) in [6.07, 6.45) is 9.04. The SMILES string of the molecule is Cl.Oc1ccc2c(c1O)CCOC2CNC1CC1C1CCCCC1. The summed E-state index contributed by atoms with van der Waals surface area (Å²) in [5, 5.41) is 23.4. The first-order chi connectivity index (χ1) is 11.2. The normalized spacial score (nSPS) is 29.6. The third-order valence-corrected chi connectivity index (χ3v) is 5.98. The van der Waals surface area contributed by atoms with E-state index in [4.69, 9.17) is 4.74 Å². The van der Waals surface area contributed by atoms with E-state index in [1.165, 1.54) is 38.5 Å². The molecular formula is C19H28ClNO3. The van der Waals surface area contributed by atoms with Crippen molar-refractivity contribution in [3.8, 4) is 11.5 Å². The van der Waals surface area contributed by atoms with Crippen LogP contribution in [0.3, 0.4) is 0 Å². The van der Waals surface area contributed by atoms with Gasteiger partial charge in [0.05, 0.1) is 12.7 Å². The lowest BCUT2D eigenvalue weighted by Crippen LogP contribution is -2.30. The molecule has 1 aliphatic heterocycles. The van der Waals surface area contributed by atoms with Crippen molar-refractivity contribution < 1.29 is 14.9 Å². The number of hydrogen-bond donors (Lipinski definition) is 3. The molecule has 3 aliphatic rings. The summed E-state index contributed by atoms with van der Waals surface area (Å²) in [6, 6.07) is 4.11. The highest BCUT2D eigenvalue weighted by Gasteiger charge is 2.43. The fourth-order valence-electron chi connectivity index (χ4n) is 4.56. The summed E-state index contributed by atoms with van der Waals surface area (Å²) >= 11 is 0. The van der Waals surface area contributed by atoms with Crippen molar-refractivity contribution in [2.24, 2.45) is 11.8 Å². The largest absolute Gasteiger partial charge is 0.504 e. The molecule has 0 saturated heterocycles. The van der Waals surface area contributed by atoms with Gasteiger partial charge in [-0.05, 0) is 36.3 Å². The van der Waals surface area contributed by atoms with Gasteiger partial charge in [-0.3, -0.25) is 0 Å². The van der Waals surface area contributed by atoms with Crippen LogP contribution in [0.15, 0.2) is 12.1 Å². The lowest BCUT2D eigenvalue weighted by atomic mass is 9.85. The number of fused-ring (bicyclic) bond motifs is 1. The highest BCUT2D eigenvalue weighted by Crippen LogP contribution is 2.45. The number of phenols is 2. The molecule has 134 valence electrons. The van der Waals surface area contributed by atoms with E-state index in [1.807, 2.05) is 6.07 Å². The molecule has 3 unspecified atom stereocenters. The molecule has 0 aromatic heterocycles. The molecular weight excluding hydrogens is 326 g/mol. The van der Waals surface area contributed by atoms with Crippen LogP contribution >= 0.6 is 12.4 Å². The fraction of sp³-hybridized carbons (Fsp3) is 0.684. The van der Waals surface area contributed by atoms with Gasteiger partial charge in [0.2, 0.25) is 0 Å². The molecule has 1 heterocycles. The van der Waals surface area contributed by atoms with Crippen molar-refractivity contribution in [3.05, 3.63) is 23.3 Å². The summed E-state index contributed by atoms with van der Waals surface area (Å²) < 4.78 is 5.90. The van der Waals surface area contributed by atoms with Crippen molar-refractivity contribution in [2.75, 3.05) is 13.2 Å². The molecule has 2 aliphatic carbocycles. The maximum Gasteiger partial charge on any atom is 0.161 e. The van der Waals surface area contributed by atoms with E-state index in [0.717, 1.165) is 29.5 Å². The molecule has 2 saturated carbocycles. The van der Waals surface area contributed by atoms with Gasteiger partial charge in [-0.25, -0.2) is 0 Å². The number of hydrogen-bond acceptors (Lipinski definition) is 4. The zero-order chi connectivity index (χ0) is 15.8. The molecule has 4 nitrogen and oxygen atoms in total. The van der Waals surface area contributed by atoms with Gasteiger partial charge in [0.1, 0.15) is 0 Å². The summed E-state index contributed by atoms with van der Waals surface area (Å²) in [5.41, 5.74) is 1.87. The number of benzene rings is 1. The molecule has 24 heavy (non-hydrogen) atoms. The van der Waals surface area contributed by atoms with Gasteiger partial charge in [0.25, 0.3) is 0 Å². The van der Waals surface area contributed by atoms with Gasteiger partial charge in [-0.2, -0.15) is 0 Å². The first-order valence-electron chi connectivity index (χ1n) is 9.12. The predicted octanol–water partition coefficient (Wildman–Crippen LogP) is 3.69. The molecule has 0 radical (unpaired) electrons. The molecule has 1 aromatic rings. The van der Waals surface area contributed by atoms with Gasteiger partial charge in [0.15, 0.2) is 11.5 Å². The van der Waals surface area contributed by atoms with E-state index >= 15 is 0 Å². The van der Waals surface area contributed by atoms with Crippen molar-refractivity contribution in [1.82, 2.24) is 5.32 Å². The van der Waals surface area contributed by atoms with Gasteiger partial charge < -0.3 is 20.3 Å². The third-order valence-electron chi connectivity index (χ3n) is 5.98. The van der Waals surface area contributed by atoms with E-state index in [-0.39, 0.29) is 30.0 Å². The minimum Gasteiger partial charge on any atom is -0.504 e. The Labute approximate surface area is 150 Å². The molecule has 4 rings (SSSR count). The maximum atomic E-state index is 10.0. The summed E-state index contributed by atoms with van der Waals surface area (Å²) in [5.74, 6) is 1.80. The summed E-state index contributed by atoms with van der Waals surface area (Å²) in [7, 11) is 0. The van der Waals surface area contributed by atoms with Crippen LogP contribution < -0.4 is 5.32 Å². The minimum absolute atomic E-state index is 0. The van der Waals surface area contributed by atoms with Crippen LogP contribution in [0.1, 0.15) is 55.8 Å². The number of rotatable bonds is 4. The maximum absolute atomic E-state index is 10.0. The summed E-state index contributed by atoms with van der Waals surface area (Å²) in [6.45, 7) is 1.40. The molecule has 5 heteroatoms. The standard InChI is InChI=1S/C19H27NO3.ClH/c21-17-7-6-13-14(19(17)22)8-9-23-18(13)11-20-16-10-15(16)12-4-2-1-3-5-12;/h6-7,12,15-16,18,20-22H,1-5,8-11H2;1H. The van der Waals surface area contributed by atoms with E-state index in [2.05, 4.69) is 5.32 Å². The number of aromatic hydroxyl groups is 2. The first-order valence-corrected chi connectivity index (χ1v) is 9.12. The lowest BCUT2D eigenvalue weighted by Gasteiger charge is -2.27. The van der Waals surface area contributed by atoms with Gasteiger partial charge in [-0.15, -0.1) is 12.4 Å². The average molecular weight is 354 g/mol. The Morgan fingerprint density at radius 1 is 1.12 bits per heavy atom. The molecule has 3 atom stereocenters. The molecule has 2 fully saturated rings. The molecule has 0 spiro atoms. The van der Waals surface area contributed by atoms with Crippen LogP contribution in [-0.4, -0.2) is 29.4 Å². The van der Waals surface area contributed by atoms with Crippen LogP contribution in [-0.2, 0) is 11.2 Å². The number of ether oxygens (including phenoxy) is 1. The zero-order valence-corrected chi connectivity index (χ0v) is 14.9. The topological polar surface area (TPSA) is 61.7 Å². The van der Waals surface area contributed by atoms with Gasteiger partial charge >= 0.3 is 0 Å². The van der Waals surface area contributed by atoms with Crippen LogP contribution in [0.2, 0.25) is 0 Å². The van der Waals surface area contributed by atoms with E-state index < -0.39 is 0 Å². The Morgan fingerprint density at radius 3 is 2.71 bits per heavy atom. The summed E-state index contributed by atoms with van der Waals surface area (Å²) in [4.78, 5) is 0. The second-order valence-electron chi connectivity index (χ2n) is 7.42. The average Bonchev–Trinajstić information content (AvgIpc) is 3.37. The highest BCUT2D eigenvalue weighted by atomic mass is 35.5. The Balaban J connectivity index is 0.00000169. The van der Waals surface area contributed by atoms with Gasteiger partial charge in [-0.1, -0.05) is 38.2 Å². The highest BCUT2D eigenvalue weighted by molar-refractivity contribution is 5.85. The second kappa shape index (κ2) is 7.51. The van der Waals surface area contributed by atoms with Crippen molar-refractivity contribution >= 4 is 12.4 Å². The van der Waals surface area contributed by atoms with Crippen molar-refractivity contribution in [2.45, 2.75) is 57.1 Å². The predicted molar refractivity (Wildman–Crippen MR) is 95.9 cm³/mol. The smallest absolute Gasteiger partial charge is 0.161 e. The third kappa shape index (κ3) is 3.51. The van der Waals surface area contributed by atoms with Crippen LogP contribution in [0.25, 0.3) is 0 Å². The molecule has 3 N–H and O–H groups in total. The Hall–Kier alpha value is -0.970. The quantitative estimate of drug-likeness (QED) is 0.722. The number of halogens is 1. The Kier molecular flexibility index (Phi) is 5.58. The number of nitrogens with one attached hydrogen (secondary N) is 1. The van der Waals surface area contributed by atoms with Crippen LogP contribution in [0, 0.1) is 11.8 Å². The van der Waals surface area contributed by atoms with Crippen molar-refractivity contribution in [3.63, 3.8) is 0 Å². The van der Waals surface area contributed by atoms with E-state index in [1.54, 1.807) is 6.07 Å². The first kappa shape index (κ1) is 17.8. The fourth-order valence-corrected chi connectivity index (χ4v) is 4.56. The minimum atomic E-state index is -0.0306. The zero-order valence-electron chi connectivity index (χ0n) is 14.0. The molecule has 0 amide bonds. The monoisotopic (exact) mass is 353 g/mol. The number of phenolic OH excluding ortho intramolecular Hbond substituents is 2. The van der Waals surface area contributed by atoms with Gasteiger partial charge in [0, 0.05) is 18.2 Å². The Bertz CT molecular complexity index is 574. The van der Waals surface area contributed by atoms with E-state index in [9.17, 15) is 10.2 Å².